The Labute approximate surface area is 95.7 Å². The summed E-state index contributed by atoms with van der Waals surface area (Å²) in [5.74, 6) is 0. The van der Waals surface area contributed by atoms with Crippen LogP contribution in [0.4, 0.5) is 0 Å². The molecule has 62 valence electrons. The number of halogens is 4. The number of rotatable bonds is 0. The summed E-state index contributed by atoms with van der Waals surface area (Å²) in [6.45, 7) is 0. The molecule has 0 bridgehead atoms. The molecule has 0 aromatic heterocycles. The first-order chi connectivity index (χ1) is 3.00. The predicted octanol–water partition coefficient (Wildman–Crippen LogP) is 1.09. The van der Waals surface area contributed by atoms with Gasteiger partial charge in [-0.25, -0.2) is 0 Å². The molecule has 0 aliphatic heterocycles. The van der Waals surface area contributed by atoms with E-state index < -0.39 is 4.00 Å². The molecule has 6 N–H and O–H groups in total. The van der Waals surface area contributed by atoms with Gasteiger partial charge in [0.2, 0.25) is 0 Å². The second kappa shape index (κ2) is 14.3. The SMILES string of the molecule is CN.O.O.[I][Pb]([I])([I])[I]. The Balaban J connectivity index is -0.0000000286. The average molecular weight is 782 g/mol. The molecule has 0 aliphatic carbocycles. The zero-order chi connectivity index (χ0) is 6.50. The summed E-state index contributed by atoms with van der Waals surface area (Å²) in [6, 6.07) is 0. The van der Waals surface area contributed by atoms with Crippen molar-refractivity contribution in [3.8, 4) is 0 Å². The Morgan fingerprint density at radius 1 is 0.889 bits per heavy atom. The molecule has 0 spiro atoms. The van der Waals surface area contributed by atoms with Crippen molar-refractivity contribution in [2.75, 3.05) is 7.05 Å². The molecule has 0 heterocycles. The molecule has 0 aromatic carbocycles. The molecule has 0 aliphatic rings. The van der Waals surface area contributed by atoms with Gasteiger partial charge in [-0.05, 0) is 7.05 Å². The molecule has 0 amide bonds. The Kier molecular flexibility index (Phi) is 36.4. The van der Waals surface area contributed by atoms with Gasteiger partial charge in [0, 0.05) is 0 Å². The van der Waals surface area contributed by atoms with Crippen molar-refractivity contribution in [2.45, 2.75) is 0 Å². The minimum atomic E-state index is -1.40. The van der Waals surface area contributed by atoms with E-state index in [4.69, 9.17) is 0 Å². The first kappa shape index (κ1) is 23.0. The van der Waals surface area contributed by atoms with Crippen LogP contribution in [0, 0.1) is 0 Å². The molecule has 0 saturated carbocycles. The van der Waals surface area contributed by atoms with Gasteiger partial charge in [0.05, 0.1) is 0 Å². The topological polar surface area (TPSA) is 89.0 Å². The van der Waals surface area contributed by atoms with Crippen molar-refractivity contribution in [1.82, 2.24) is 0 Å². The van der Waals surface area contributed by atoms with Crippen molar-refractivity contribution in [3.63, 3.8) is 0 Å². The molecule has 9 heavy (non-hydrogen) atoms. The van der Waals surface area contributed by atoms with Gasteiger partial charge in [0.1, 0.15) is 0 Å². The van der Waals surface area contributed by atoms with E-state index in [0.717, 1.165) is 0 Å². The molecule has 0 radical (unpaired) electrons. The summed E-state index contributed by atoms with van der Waals surface area (Å²) in [7, 11) is 1.50. The third-order valence-electron chi connectivity index (χ3n) is 0. The number of hydrogen-bond donors (Lipinski definition) is 1. The van der Waals surface area contributed by atoms with Crippen molar-refractivity contribution in [3.05, 3.63) is 0 Å². The maximum absolute atomic E-state index is 4.50. The van der Waals surface area contributed by atoms with Crippen LogP contribution < -0.4 is 5.73 Å². The van der Waals surface area contributed by atoms with E-state index in [1.54, 1.807) is 0 Å². The summed E-state index contributed by atoms with van der Waals surface area (Å²) in [5.41, 5.74) is 4.50. The molecule has 0 saturated heterocycles. The van der Waals surface area contributed by atoms with Crippen molar-refractivity contribution in [1.29, 1.82) is 0 Å². The second-order valence-corrected chi connectivity index (χ2v) is 169. The fourth-order valence-corrected chi connectivity index (χ4v) is 0. The summed E-state index contributed by atoms with van der Waals surface area (Å²) in [4.78, 5) is 0. The molecule has 0 unspecified atom stereocenters. The van der Waals surface area contributed by atoms with Crippen LogP contribution >= 0.6 is 71.0 Å². The van der Waals surface area contributed by atoms with Gasteiger partial charge >= 0.3 is 75.0 Å². The Hall–Kier alpha value is 3.72. The van der Waals surface area contributed by atoms with Crippen molar-refractivity contribution < 1.29 is 11.0 Å². The maximum atomic E-state index is 4.50. The first-order valence-electron chi connectivity index (χ1n) is 1.33. The molecule has 0 aromatic rings. The van der Waals surface area contributed by atoms with Crippen LogP contribution in [0.25, 0.3) is 0 Å². The van der Waals surface area contributed by atoms with Crippen molar-refractivity contribution in [2.24, 2.45) is 5.73 Å². The van der Waals surface area contributed by atoms with Gasteiger partial charge in [-0.3, -0.25) is 0 Å². The zero-order valence-electron chi connectivity index (χ0n) is 4.59. The van der Waals surface area contributed by atoms with Crippen LogP contribution in [-0.4, -0.2) is 22.0 Å². The van der Waals surface area contributed by atoms with Crippen LogP contribution in [-0.2, 0) is 0 Å². The molecule has 8 heteroatoms. The molecule has 3 nitrogen and oxygen atoms in total. The van der Waals surface area contributed by atoms with E-state index in [1.165, 1.54) is 7.05 Å². The molecule has 0 fully saturated rings. The van der Waals surface area contributed by atoms with Crippen LogP contribution in [0.1, 0.15) is 0 Å². The predicted molar refractivity (Wildman–Crippen MR) is 79.2 cm³/mol. The molecule has 0 atom stereocenters. The third kappa shape index (κ3) is 80.0. The van der Waals surface area contributed by atoms with E-state index in [-0.39, 0.29) is 11.0 Å². The summed E-state index contributed by atoms with van der Waals surface area (Å²) in [6.07, 6.45) is 0. The van der Waals surface area contributed by atoms with Gasteiger partial charge in [0.15, 0.2) is 0 Å². The van der Waals surface area contributed by atoms with E-state index >= 15 is 0 Å². The van der Waals surface area contributed by atoms with Gasteiger partial charge in [-0.15, -0.1) is 0 Å². The summed E-state index contributed by atoms with van der Waals surface area (Å²) >= 11 is 10.2. The fraction of sp³-hybridized carbons (Fsp3) is 1.00. The summed E-state index contributed by atoms with van der Waals surface area (Å²) in [5, 5.41) is 0. The van der Waals surface area contributed by atoms with E-state index in [2.05, 4.69) is 76.8 Å². The fourth-order valence-electron chi connectivity index (χ4n) is 0. The average Bonchev–Trinajstić information content (AvgIpc) is 1.36. The van der Waals surface area contributed by atoms with Gasteiger partial charge in [-0.1, -0.05) is 0 Å². The van der Waals surface area contributed by atoms with Gasteiger partial charge in [0.25, 0.3) is 0 Å². The van der Waals surface area contributed by atoms with E-state index in [1.807, 2.05) is 0 Å². The van der Waals surface area contributed by atoms with Crippen LogP contribution in [0.3, 0.4) is 0 Å². The van der Waals surface area contributed by atoms with E-state index in [9.17, 15) is 0 Å². The minimum absolute atomic E-state index is 0. The van der Waals surface area contributed by atoms with Crippen LogP contribution in [0.5, 0.6) is 0 Å². The standard InChI is InChI=1S/CH5N.4HI.2H2O.Pb/c1-2;;;;;;;/h2H2,1H3;4*1H;2*1H2;/q;;;;;;;+4/p-4. The van der Waals surface area contributed by atoms with Crippen LogP contribution in [0.2, 0.25) is 0 Å². The normalized spacial score (nSPS) is 7.33. The first-order valence-corrected chi connectivity index (χ1v) is 45.1. The Morgan fingerprint density at radius 2 is 0.889 bits per heavy atom. The molecule has 0 rings (SSSR count). The monoisotopic (exact) mass is 783 g/mol. The molecular weight excluding hydrogens is 773 g/mol. The molecular formula is CH9I4NO2Pb. The van der Waals surface area contributed by atoms with Gasteiger partial charge in [-0.2, -0.15) is 0 Å². The van der Waals surface area contributed by atoms with Gasteiger partial charge < -0.3 is 16.7 Å². The second-order valence-electron chi connectivity index (χ2n) is 0.429. The zero-order valence-corrected chi connectivity index (χ0v) is 17.1. The third-order valence-corrected chi connectivity index (χ3v) is 0. The summed E-state index contributed by atoms with van der Waals surface area (Å²) < 4.78 is -1.40. The number of nitrogens with two attached hydrogens (primary N) is 1. The van der Waals surface area contributed by atoms with E-state index in [0.29, 0.717) is 0 Å². The number of hydrogen-bond acceptors (Lipinski definition) is 1. The van der Waals surface area contributed by atoms with Crippen molar-refractivity contribution >= 4 is 75.0 Å². The van der Waals surface area contributed by atoms with Crippen LogP contribution in [0.15, 0.2) is 0 Å². The Morgan fingerprint density at radius 3 is 0.889 bits per heavy atom. The Bertz CT molecular complexity index is 34.0. The quantitative estimate of drug-likeness (QED) is 0.290.